The third-order valence-electron chi connectivity index (χ3n) is 1.94. The van der Waals surface area contributed by atoms with Gasteiger partial charge in [0.1, 0.15) is 6.29 Å². The molecule has 0 unspecified atom stereocenters. The number of hydrogen-bond acceptors (Lipinski definition) is 1. The number of pyridine rings is 1. The molecular formula is C11H9NO. The molecule has 0 saturated carbocycles. The van der Waals surface area contributed by atoms with E-state index in [2.05, 4.69) is 0 Å². The van der Waals surface area contributed by atoms with Gasteiger partial charge in [0.2, 0.25) is 0 Å². The number of aldehydes is 1. The zero-order valence-electron chi connectivity index (χ0n) is 7.05. The Hall–Kier alpha value is -1.83. The smallest absolute Gasteiger partial charge is 0.142 e. The number of rotatable bonds is 2. The fourth-order valence-electron chi connectivity index (χ4n) is 1.35. The average molecular weight is 171 g/mol. The highest BCUT2D eigenvalue weighted by Crippen LogP contribution is 2.10. The van der Waals surface area contributed by atoms with Crippen LogP contribution in [0.3, 0.4) is 0 Å². The van der Waals surface area contributed by atoms with Gasteiger partial charge in [0.25, 0.3) is 0 Å². The van der Waals surface area contributed by atoms with E-state index in [1.165, 1.54) is 6.08 Å². The van der Waals surface area contributed by atoms with Crippen molar-refractivity contribution < 1.29 is 4.79 Å². The van der Waals surface area contributed by atoms with E-state index in [0.717, 1.165) is 17.5 Å². The van der Waals surface area contributed by atoms with Crippen LogP contribution >= 0.6 is 0 Å². The monoisotopic (exact) mass is 171 g/mol. The number of carbonyl (C=O) groups excluding carboxylic acids is 1. The Labute approximate surface area is 76.1 Å². The van der Waals surface area contributed by atoms with Gasteiger partial charge >= 0.3 is 0 Å². The summed E-state index contributed by atoms with van der Waals surface area (Å²) in [5.74, 6) is 0. The Morgan fingerprint density at radius 3 is 2.92 bits per heavy atom. The Balaban J connectivity index is 2.57. The van der Waals surface area contributed by atoms with Crippen molar-refractivity contribution in [2.45, 2.75) is 0 Å². The van der Waals surface area contributed by atoms with E-state index in [1.54, 1.807) is 6.08 Å². The Morgan fingerprint density at radius 1 is 1.15 bits per heavy atom. The molecule has 2 rings (SSSR count). The van der Waals surface area contributed by atoms with Crippen LogP contribution in [0, 0.1) is 0 Å². The Morgan fingerprint density at radius 2 is 2.08 bits per heavy atom. The average Bonchev–Trinajstić information content (AvgIpc) is 2.58. The van der Waals surface area contributed by atoms with Crippen molar-refractivity contribution in [3.63, 3.8) is 0 Å². The summed E-state index contributed by atoms with van der Waals surface area (Å²) in [5.41, 5.74) is 2.15. The molecule has 0 fully saturated rings. The molecule has 2 heteroatoms. The minimum absolute atomic E-state index is 0.780. The molecule has 2 aromatic rings. The van der Waals surface area contributed by atoms with Crippen molar-refractivity contribution in [1.29, 1.82) is 0 Å². The van der Waals surface area contributed by atoms with Crippen LogP contribution in [0.25, 0.3) is 11.6 Å². The first-order chi connectivity index (χ1) is 6.42. The van der Waals surface area contributed by atoms with Gasteiger partial charge < -0.3 is 4.40 Å². The van der Waals surface area contributed by atoms with Gasteiger partial charge in [-0.2, -0.15) is 0 Å². The summed E-state index contributed by atoms with van der Waals surface area (Å²) >= 11 is 0. The molecule has 2 aromatic heterocycles. The molecule has 0 radical (unpaired) electrons. The molecule has 0 saturated heterocycles. The molecule has 13 heavy (non-hydrogen) atoms. The van der Waals surface area contributed by atoms with E-state index in [1.807, 2.05) is 40.9 Å². The second-order valence-corrected chi connectivity index (χ2v) is 2.75. The number of aromatic nitrogens is 1. The number of allylic oxidation sites excluding steroid dienone is 1. The summed E-state index contributed by atoms with van der Waals surface area (Å²) in [6.07, 6.45) is 6.04. The lowest BCUT2D eigenvalue weighted by atomic mass is 10.4. The maximum absolute atomic E-state index is 10.1. The number of fused-ring (bicyclic) bond motifs is 1. The molecular weight excluding hydrogens is 162 g/mol. The van der Waals surface area contributed by atoms with Crippen LogP contribution in [-0.2, 0) is 4.79 Å². The standard InChI is InChI=1S/C11H9NO/c13-9-3-5-11-7-6-10-4-1-2-8-12(10)11/h1-9H. The van der Waals surface area contributed by atoms with Crippen molar-refractivity contribution in [2.75, 3.05) is 0 Å². The first-order valence-electron chi connectivity index (χ1n) is 4.10. The number of nitrogens with zero attached hydrogens (tertiary/aromatic N) is 1. The van der Waals surface area contributed by atoms with E-state index in [0.29, 0.717) is 0 Å². The lowest BCUT2D eigenvalue weighted by Crippen LogP contribution is -1.84. The van der Waals surface area contributed by atoms with Crippen molar-refractivity contribution in [3.05, 3.63) is 48.3 Å². The first kappa shape index (κ1) is 7.80. The summed E-state index contributed by atoms with van der Waals surface area (Å²) < 4.78 is 2.03. The predicted molar refractivity (Wildman–Crippen MR) is 52.5 cm³/mol. The molecule has 0 aliphatic carbocycles. The molecule has 0 aliphatic heterocycles. The van der Waals surface area contributed by atoms with Crippen molar-refractivity contribution >= 4 is 17.9 Å². The van der Waals surface area contributed by atoms with Crippen LogP contribution in [0.5, 0.6) is 0 Å². The molecule has 0 aliphatic rings. The molecule has 2 heterocycles. The molecule has 0 N–H and O–H groups in total. The van der Waals surface area contributed by atoms with E-state index in [-0.39, 0.29) is 0 Å². The van der Waals surface area contributed by atoms with Crippen LogP contribution in [0.15, 0.2) is 42.6 Å². The van der Waals surface area contributed by atoms with Gasteiger partial charge in [-0.05, 0) is 36.4 Å². The van der Waals surface area contributed by atoms with Crippen LogP contribution < -0.4 is 0 Å². The zero-order chi connectivity index (χ0) is 9.10. The van der Waals surface area contributed by atoms with Crippen molar-refractivity contribution in [1.82, 2.24) is 4.40 Å². The second-order valence-electron chi connectivity index (χ2n) is 2.75. The highest BCUT2D eigenvalue weighted by molar-refractivity contribution is 5.74. The quantitative estimate of drug-likeness (QED) is 0.501. The largest absolute Gasteiger partial charge is 0.317 e. The SMILES string of the molecule is O=CC=Cc1ccc2ccccn12. The van der Waals surface area contributed by atoms with Crippen LogP contribution in [0.2, 0.25) is 0 Å². The summed E-state index contributed by atoms with van der Waals surface area (Å²) in [6.45, 7) is 0. The van der Waals surface area contributed by atoms with Crippen molar-refractivity contribution in [3.8, 4) is 0 Å². The lowest BCUT2D eigenvalue weighted by Gasteiger charge is -1.95. The maximum Gasteiger partial charge on any atom is 0.142 e. The minimum atomic E-state index is 0.780. The minimum Gasteiger partial charge on any atom is -0.317 e. The van der Waals surface area contributed by atoms with E-state index in [4.69, 9.17) is 0 Å². The van der Waals surface area contributed by atoms with Gasteiger partial charge in [-0.25, -0.2) is 0 Å². The predicted octanol–water partition coefficient (Wildman–Crippen LogP) is 2.15. The summed E-state index contributed by atoms with van der Waals surface area (Å²) in [4.78, 5) is 10.1. The van der Waals surface area contributed by atoms with Crippen LogP contribution in [0.4, 0.5) is 0 Å². The molecule has 64 valence electrons. The molecule has 0 atom stereocenters. The molecule has 2 nitrogen and oxygen atoms in total. The van der Waals surface area contributed by atoms with Crippen LogP contribution in [-0.4, -0.2) is 10.7 Å². The first-order valence-corrected chi connectivity index (χ1v) is 4.10. The van der Waals surface area contributed by atoms with E-state index >= 15 is 0 Å². The topological polar surface area (TPSA) is 21.5 Å². The fourth-order valence-corrected chi connectivity index (χ4v) is 1.35. The molecule has 0 amide bonds. The van der Waals surface area contributed by atoms with Gasteiger partial charge in [-0.15, -0.1) is 0 Å². The van der Waals surface area contributed by atoms with Gasteiger partial charge in [0.05, 0.1) is 0 Å². The molecule has 0 bridgehead atoms. The Kier molecular flexibility index (Phi) is 1.96. The number of hydrogen-bond donors (Lipinski definition) is 0. The van der Waals surface area contributed by atoms with Crippen molar-refractivity contribution in [2.24, 2.45) is 0 Å². The summed E-state index contributed by atoms with van der Waals surface area (Å²) in [5, 5.41) is 0. The molecule has 0 spiro atoms. The lowest BCUT2D eigenvalue weighted by molar-refractivity contribution is -0.104. The van der Waals surface area contributed by atoms with Gasteiger partial charge in [-0.1, -0.05) is 6.07 Å². The highest BCUT2D eigenvalue weighted by atomic mass is 16.1. The summed E-state index contributed by atoms with van der Waals surface area (Å²) in [6, 6.07) is 9.98. The molecule has 0 aromatic carbocycles. The Bertz CT molecular complexity index is 454. The second kappa shape index (κ2) is 3.27. The van der Waals surface area contributed by atoms with E-state index < -0.39 is 0 Å². The number of carbonyl (C=O) groups is 1. The zero-order valence-corrected chi connectivity index (χ0v) is 7.05. The highest BCUT2D eigenvalue weighted by Gasteiger charge is 1.94. The summed E-state index contributed by atoms with van der Waals surface area (Å²) in [7, 11) is 0. The fraction of sp³-hybridized carbons (Fsp3) is 0. The third-order valence-corrected chi connectivity index (χ3v) is 1.94. The maximum atomic E-state index is 10.1. The van der Waals surface area contributed by atoms with Gasteiger partial charge in [0.15, 0.2) is 0 Å². The normalized spacial score (nSPS) is 11.1. The van der Waals surface area contributed by atoms with E-state index in [9.17, 15) is 4.79 Å². The van der Waals surface area contributed by atoms with Gasteiger partial charge in [-0.3, -0.25) is 4.79 Å². The third kappa shape index (κ3) is 1.38. The van der Waals surface area contributed by atoms with Crippen LogP contribution in [0.1, 0.15) is 5.69 Å². The van der Waals surface area contributed by atoms with Gasteiger partial charge in [0, 0.05) is 17.4 Å².